The average molecular weight is 149 g/mol. The second kappa shape index (κ2) is 5.63. The van der Waals surface area contributed by atoms with Crippen molar-refractivity contribution in [3.05, 3.63) is 12.2 Å². The number of esters is 1. The summed E-state index contributed by atoms with van der Waals surface area (Å²) in [4.78, 5) is 10.4. The van der Waals surface area contributed by atoms with Crippen molar-refractivity contribution in [2.24, 2.45) is 0 Å². The van der Waals surface area contributed by atoms with Gasteiger partial charge >= 0.3 is 5.97 Å². The Morgan fingerprint density at radius 1 is 1.67 bits per heavy atom. The van der Waals surface area contributed by atoms with Crippen molar-refractivity contribution in [2.75, 3.05) is 13.0 Å². The fourth-order valence-electron chi connectivity index (χ4n) is 0.326. The third kappa shape index (κ3) is 5.37. The van der Waals surface area contributed by atoms with Crippen molar-refractivity contribution in [3.63, 3.8) is 0 Å². The molecule has 2 nitrogen and oxygen atoms in total. The molecule has 0 aromatic heterocycles. The monoisotopic (exact) mass is 148 g/mol. The SMILES string of the molecule is COC(=O)C/C=C\CCl. The van der Waals surface area contributed by atoms with Gasteiger partial charge in [0.1, 0.15) is 0 Å². The van der Waals surface area contributed by atoms with Gasteiger partial charge in [-0.3, -0.25) is 4.79 Å². The minimum absolute atomic E-state index is 0.239. The van der Waals surface area contributed by atoms with Crippen LogP contribution in [-0.4, -0.2) is 19.0 Å². The first-order valence-corrected chi connectivity index (χ1v) is 3.12. The lowest BCUT2D eigenvalue weighted by atomic mass is 10.4. The summed E-state index contributed by atoms with van der Waals surface area (Å²) in [5, 5.41) is 0. The van der Waals surface area contributed by atoms with Crippen molar-refractivity contribution in [1.29, 1.82) is 0 Å². The number of halogens is 1. The topological polar surface area (TPSA) is 26.3 Å². The molecule has 0 aliphatic carbocycles. The molecule has 0 rings (SSSR count). The minimum atomic E-state index is -0.239. The van der Waals surface area contributed by atoms with Crippen molar-refractivity contribution in [2.45, 2.75) is 6.42 Å². The van der Waals surface area contributed by atoms with Gasteiger partial charge < -0.3 is 4.74 Å². The maximum absolute atomic E-state index is 10.4. The number of hydrogen-bond acceptors (Lipinski definition) is 2. The highest BCUT2D eigenvalue weighted by Gasteiger charge is 1.91. The molecule has 0 amide bonds. The van der Waals surface area contributed by atoms with Gasteiger partial charge in [0.2, 0.25) is 0 Å². The lowest BCUT2D eigenvalue weighted by Crippen LogP contribution is -1.96. The molecule has 0 saturated heterocycles. The number of alkyl halides is 1. The molecule has 0 fully saturated rings. The molecule has 0 spiro atoms. The largest absolute Gasteiger partial charge is 0.469 e. The summed E-state index contributed by atoms with van der Waals surface area (Å²) < 4.78 is 4.36. The third-order valence-corrected chi connectivity index (χ3v) is 0.946. The first kappa shape index (κ1) is 8.50. The Morgan fingerprint density at radius 3 is 2.78 bits per heavy atom. The van der Waals surface area contributed by atoms with Crippen LogP contribution >= 0.6 is 11.6 Å². The first-order valence-electron chi connectivity index (χ1n) is 2.59. The molecular formula is C6H9ClO2. The van der Waals surface area contributed by atoms with Crippen LogP contribution in [0.25, 0.3) is 0 Å². The van der Waals surface area contributed by atoms with E-state index in [9.17, 15) is 4.79 Å². The number of methoxy groups -OCH3 is 1. The molecule has 0 radical (unpaired) electrons. The van der Waals surface area contributed by atoms with E-state index in [4.69, 9.17) is 11.6 Å². The molecule has 0 aliphatic heterocycles. The highest BCUT2D eigenvalue weighted by molar-refractivity contribution is 6.18. The standard InChI is InChI=1S/C6H9ClO2/c1-9-6(8)4-2-3-5-7/h2-3H,4-5H2,1H3/b3-2-. The third-order valence-electron chi connectivity index (χ3n) is 0.768. The number of hydrogen-bond donors (Lipinski definition) is 0. The van der Waals surface area contributed by atoms with Gasteiger partial charge in [0.05, 0.1) is 13.5 Å². The zero-order valence-electron chi connectivity index (χ0n) is 5.26. The smallest absolute Gasteiger partial charge is 0.309 e. The predicted octanol–water partition coefficient (Wildman–Crippen LogP) is 1.34. The van der Waals surface area contributed by atoms with Crippen LogP contribution < -0.4 is 0 Å². The Hall–Kier alpha value is -0.500. The number of carbonyl (C=O) groups is 1. The molecule has 9 heavy (non-hydrogen) atoms. The second-order valence-corrected chi connectivity index (χ2v) is 1.71. The molecule has 0 N–H and O–H groups in total. The van der Waals surface area contributed by atoms with E-state index in [2.05, 4.69) is 4.74 Å². The Kier molecular flexibility index (Phi) is 5.32. The molecule has 52 valence electrons. The molecule has 0 aromatic rings. The van der Waals surface area contributed by atoms with Crippen LogP contribution in [0.4, 0.5) is 0 Å². The van der Waals surface area contributed by atoms with Crippen LogP contribution in [-0.2, 0) is 9.53 Å². The van der Waals surface area contributed by atoms with Crippen LogP contribution in [0.15, 0.2) is 12.2 Å². The van der Waals surface area contributed by atoms with Gasteiger partial charge in [-0.1, -0.05) is 12.2 Å². The van der Waals surface area contributed by atoms with Crippen LogP contribution in [0, 0.1) is 0 Å². The number of rotatable bonds is 3. The van der Waals surface area contributed by atoms with Gasteiger partial charge in [0.15, 0.2) is 0 Å². The molecule has 0 unspecified atom stereocenters. The fraction of sp³-hybridized carbons (Fsp3) is 0.500. The Morgan fingerprint density at radius 2 is 2.33 bits per heavy atom. The van der Waals surface area contributed by atoms with E-state index >= 15 is 0 Å². The average Bonchev–Trinajstić information content (AvgIpc) is 1.89. The van der Waals surface area contributed by atoms with Gasteiger partial charge in [-0.05, 0) is 0 Å². The van der Waals surface area contributed by atoms with Gasteiger partial charge in [0, 0.05) is 5.88 Å². The maximum Gasteiger partial charge on any atom is 0.309 e. The normalized spacial score (nSPS) is 10.0. The summed E-state index contributed by atoms with van der Waals surface area (Å²) in [6.45, 7) is 0. The summed E-state index contributed by atoms with van der Waals surface area (Å²) >= 11 is 5.29. The van der Waals surface area contributed by atoms with Crippen molar-refractivity contribution in [1.82, 2.24) is 0 Å². The quantitative estimate of drug-likeness (QED) is 0.343. The Bertz CT molecular complexity index is 110. The number of ether oxygens (including phenoxy) is 1. The van der Waals surface area contributed by atoms with Crippen LogP contribution in [0.5, 0.6) is 0 Å². The van der Waals surface area contributed by atoms with Gasteiger partial charge in [-0.25, -0.2) is 0 Å². The van der Waals surface area contributed by atoms with Gasteiger partial charge in [-0.2, -0.15) is 0 Å². The zero-order valence-corrected chi connectivity index (χ0v) is 6.02. The van der Waals surface area contributed by atoms with Gasteiger partial charge in [-0.15, -0.1) is 11.6 Å². The molecule has 0 aliphatic rings. The van der Waals surface area contributed by atoms with Crippen molar-refractivity contribution < 1.29 is 9.53 Å². The summed E-state index contributed by atoms with van der Waals surface area (Å²) in [7, 11) is 1.36. The van der Waals surface area contributed by atoms with E-state index < -0.39 is 0 Å². The van der Waals surface area contributed by atoms with Crippen LogP contribution in [0.3, 0.4) is 0 Å². The molecule has 0 saturated carbocycles. The zero-order chi connectivity index (χ0) is 7.11. The lowest BCUT2D eigenvalue weighted by molar-refractivity contribution is -0.139. The van der Waals surface area contributed by atoms with E-state index in [1.54, 1.807) is 12.2 Å². The summed E-state index contributed by atoms with van der Waals surface area (Å²) in [5.74, 6) is 0.202. The van der Waals surface area contributed by atoms with Crippen LogP contribution in [0.2, 0.25) is 0 Å². The van der Waals surface area contributed by atoms with E-state index in [-0.39, 0.29) is 5.97 Å². The van der Waals surface area contributed by atoms with Gasteiger partial charge in [0.25, 0.3) is 0 Å². The highest BCUT2D eigenvalue weighted by atomic mass is 35.5. The summed E-state index contributed by atoms with van der Waals surface area (Å²) in [6, 6.07) is 0. The molecule has 0 bridgehead atoms. The minimum Gasteiger partial charge on any atom is -0.469 e. The van der Waals surface area contributed by atoms with Crippen molar-refractivity contribution in [3.8, 4) is 0 Å². The Labute approximate surface area is 59.5 Å². The molecule has 3 heteroatoms. The van der Waals surface area contributed by atoms with E-state index in [0.717, 1.165) is 0 Å². The highest BCUT2D eigenvalue weighted by Crippen LogP contribution is 1.86. The molecule has 0 atom stereocenters. The summed E-state index contributed by atoms with van der Waals surface area (Å²) in [5.41, 5.74) is 0. The van der Waals surface area contributed by atoms with E-state index in [0.29, 0.717) is 12.3 Å². The second-order valence-electron chi connectivity index (χ2n) is 1.41. The van der Waals surface area contributed by atoms with Crippen molar-refractivity contribution >= 4 is 17.6 Å². The number of carbonyl (C=O) groups excluding carboxylic acids is 1. The molecular weight excluding hydrogens is 140 g/mol. The van der Waals surface area contributed by atoms with E-state index in [1.807, 2.05) is 0 Å². The first-order chi connectivity index (χ1) is 4.31. The lowest BCUT2D eigenvalue weighted by Gasteiger charge is -1.90. The predicted molar refractivity (Wildman–Crippen MR) is 36.5 cm³/mol. The maximum atomic E-state index is 10.4. The van der Waals surface area contributed by atoms with E-state index in [1.165, 1.54) is 7.11 Å². The number of allylic oxidation sites excluding steroid dienone is 1. The Balaban J connectivity index is 3.26. The van der Waals surface area contributed by atoms with Crippen LogP contribution in [0.1, 0.15) is 6.42 Å². The molecule has 0 heterocycles. The fourth-order valence-corrected chi connectivity index (χ4v) is 0.452. The summed E-state index contributed by atoms with van der Waals surface area (Å²) in [6.07, 6.45) is 3.69. The molecule has 0 aromatic carbocycles.